The molecule has 19 heavy (non-hydrogen) atoms. The maximum absolute atomic E-state index is 11.0. The molecule has 0 amide bonds. The summed E-state index contributed by atoms with van der Waals surface area (Å²) in [4.78, 5) is 10.5. The van der Waals surface area contributed by atoms with Gasteiger partial charge in [-0.3, -0.25) is 10.1 Å². The Bertz CT molecular complexity index is 650. The first-order chi connectivity index (χ1) is 8.99. The van der Waals surface area contributed by atoms with Crippen molar-refractivity contribution in [3.05, 3.63) is 61.0 Å². The highest BCUT2D eigenvalue weighted by atomic mass is 79.9. The van der Waals surface area contributed by atoms with E-state index in [1.807, 2.05) is 0 Å². The third kappa shape index (κ3) is 3.18. The van der Waals surface area contributed by atoms with Gasteiger partial charge in [-0.25, -0.2) is 0 Å². The molecule has 0 saturated carbocycles. The highest BCUT2D eigenvalue weighted by Gasteiger charge is 2.15. The van der Waals surface area contributed by atoms with E-state index in [9.17, 15) is 10.1 Å². The number of hydrogen-bond donors (Lipinski definition) is 1. The van der Waals surface area contributed by atoms with E-state index < -0.39 is 4.92 Å². The smallest absolute Gasteiger partial charge is 0.293 e. The van der Waals surface area contributed by atoms with Gasteiger partial charge in [-0.15, -0.1) is 0 Å². The van der Waals surface area contributed by atoms with Crippen molar-refractivity contribution in [1.82, 2.24) is 0 Å². The zero-order chi connectivity index (χ0) is 14.0. The first-order valence-electron chi connectivity index (χ1n) is 5.14. The monoisotopic (exact) mass is 360 g/mol. The van der Waals surface area contributed by atoms with Crippen LogP contribution in [0.15, 0.2) is 40.9 Å². The Morgan fingerprint density at radius 2 is 1.89 bits per heavy atom. The number of nitro benzene ring substituents is 1. The number of anilines is 2. The summed E-state index contributed by atoms with van der Waals surface area (Å²) in [6.45, 7) is 0. The van der Waals surface area contributed by atoms with Gasteiger partial charge in [0.2, 0.25) is 0 Å². The van der Waals surface area contributed by atoms with Crippen molar-refractivity contribution in [1.29, 1.82) is 0 Å². The molecule has 0 fully saturated rings. The van der Waals surface area contributed by atoms with Crippen molar-refractivity contribution in [2.45, 2.75) is 0 Å². The number of benzene rings is 2. The van der Waals surface area contributed by atoms with Gasteiger partial charge in [-0.05, 0) is 24.3 Å². The number of nitrogens with zero attached hydrogens (tertiary/aromatic N) is 1. The summed E-state index contributed by atoms with van der Waals surface area (Å²) in [6.07, 6.45) is 0. The summed E-state index contributed by atoms with van der Waals surface area (Å²) < 4.78 is 0.627. The minimum Gasteiger partial charge on any atom is -0.349 e. The van der Waals surface area contributed by atoms with Gasteiger partial charge in [-0.1, -0.05) is 45.2 Å². The first-order valence-corrected chi connectivity index (χ1v) is 6.69. The minimum atomic E-state index is -0.467. The summed E-state index contributed by atoms with van der Waals surface area (Å²) in [5.41, 5.74) is 0.808. The van der Waals surface area contributed by atoms with E-state index in [0.717, 1.165) is 0 Å². The van der Waals surface area contributed by atoms with Crippen LogP contribution in [-0.4, -0.2) is 4.92 Å². The summed E-state index contributed by atoms with van der Waals surface area (Å²) in [6, 6.07) is 9.76. The van der Waals surface area contributed by atoms with Crippen LogP contribution in [0, 0.1) is 10.1 Å². The van der Waals surface area contributed by atoms with E-state index >= 15 is 0 Å². The van der Waals surface area contributed by atoms with Crippen molar-refractivity contribution in [3.8, 4) is 0 Å². The fraction of sp³-hybridized carbons (Fsp3) is 0. The average molecular weight is 362 g/mol. The van der Waals surface area contributed by atoms with Gasteiger partial charge < -0.3 is 5.32 Å². The van der Waals surface area contributed by atoms with E-state index in [1.165, 1.54) is 6.07 Å². The highest BCUT2D eigenvalue weighted by molar-refractivity contribution is 9.10. The lowest BCUT2D eigenvalue weighted by Gasteiger charge is -2.09. The Balaban J connectivity index is 2.44. The molecule has 0 aromatic heterocycles. The highest BCUT2D eigenvalue weighted by Crippen LogP contribution is 2.35. The minimum absolute atomic E-state index is 0.0505. The first kappa shape index (κ1) is 14.1. The predicted octanol–water partition coefficient (Wildman–Crippen LogP) is 5.41. The van der Waals surface area contributed by atoms with Crippen LogP contribution in [0.25, 0.3) is 0 Å². The maximum atomic E-state index is 11.0. The second-order valence-electron chi connectivity index (χ2n) is 3.64. The topological polar surface area (TPSA) is 55.2 Å². The van der Waals surface area contributed by atoms with Crippen LogP contribution in [-0.2, 0) is 0 Å². The Labute approximate surface area is 127 Å². The number of rotatable bonds is 3. The van der Waals surface area contributed by atoms with Gasteiger partial charge in [0.15, 0.2) is 0 Å². The third-order valence-electron chi connectivity index (χ3n) is 2.38. The summed E-state index contributed by atoms with van der Waals surface area (Å²) >= 11 is 15.1. The Kier molecular flexibility index (Phi) is 4.29. The summed E-state index contributed by atoms with van der Waals surface area (Å²) in [7, 11) is 0. The molecule has 4 nitrogen and oxygen atoms in total. The molecule has 2 rings (SSSR count). The molecule has 0 radical (unpaired) electrons. The predicted molar refractivity (Wildman–Crippen MR) is 80.5 cm³/mol. The van der Waals surface area contributed by atoms with E-state index in [-0.39, 0.29) is 5.69 Å². The average Bonchev–Trinajstić information content (AvgIpc) is 2.36. The molecule has 0 saturated heterocycles. The molecule has 0 atom stereocenters. The molecule has 2 aromatic rings. The van der Waals surface area contributed by atoms with Crippen molar-refractivity contribution >= 4 is 56.2 Å². The largest absolute Gasteiger partial charge is 0.349 e. The van der Waals surface area contributed by atoms with E-state index in [4.69, 9.17) is 23.2 Å². The van der Waals surface area contributed by atoms with Crippen LogP contribution in [0.1, 0.15) is 0 Å². The molecule has 0 bridgehead atoms. The van der Waals surface area contributed by atoms with Crippen LogP contribution in [0.2, 0.25) is 10.0 Å². The molecule has 0 aliphatic heterocycles. The van der Waals surface area contributed by atoms with E-state index in [0.29, 0.717) is 25.9 Å². The molecule has 0 spiro atoms. The molecule has 98 valence electrons. The molecular weight excluding hydrogens is 355 g/mol. The van der Waals surface area contributed by atoms with E-state index in [1.54, 1.807) is 30.3 Å². The van der Waals surface area contributed by atoms with Gasteiger partial charge in [0.25, 0.3) is 5.69 Å². The van der Waals surface area contributed by atoms with Gasteiger partial charge >= 0.3 is 0 Å². The van der Waals surface area contributed by atoms with Gasteiger partial charge in [0.1, 0.15) is 5.69 Å². The quantitative estimate of drug-likeness (QED) is 0.587. The van der Waals surface area contributed by atoms with Crippen LogP contribution < -0.4 is 5.32 Å². The molecule has 0 aliphatic rings. The summed E-state index contributed by atoms with van der Waals surface area (Å²) in [5, 5.41) is 14.6. The van der Waals surface area contributed by atoms with Crippen LogP contribution >= 0.6 is 39.1 Å². The molecule has 7 heteroatoms. The fourth-order valence-electron chi connectivity index (χ4n) is 1.51. The van der Waals surface area contributed by atoms with Gasteiger partial charge in [0, 0.05) is 10.5 Å². The summed E-state index contributed by atoms with van der Waals surface area (Å²) in [5.74, 6) is 0. The van der Waals surface area contributed by atoms with Crippen molar-refractivity contribution in [3.63, 3.8) is 0 Å². The molecule has 0 aliphatic carbocycles. The molecule has 1 N–H and O–H groups in total. The lowest BCUT2D eigenvalue weighted by molar-refractivity contribution is -0.384. The molecule has 0 heterocycles. The van der Waals surface area contributed by atoms with Crippen molar-refractivity contribution < 1.29 is 4.92 Å². The van der Waals surface area contributed by atoms with Crippen LogP contribution in [0.4, 0.5) is 17.1 Å². The fourth-order valence-corrected chi connectivity index (χ4v) is 2.20. The zero-order valence-corrected chi connectivity index (χ0v) is 12.5. The van der Waals surface area contributed by atoms with Crippen molar-refractivity contribution in [2.75, 3.05) is 5.32 Å². The Hall–Kier alpha value is -1.30. The van der Waals surface area contributed by atoms with Gasteiger partial charge in [-0.2, -0.15) is 0 Å². The second-order valence-corrected chi connectivity index (χ2v) is 5.35. The van der Waals surface area contributed by atoms with Crippen LogP contribution in [0.3, 0.4) is 0 Å². The SMILES string of the molecule is O=[N+]([O-])c1cc(Br)ccc1Nc1cccc(Cl)c1Cl. The zero-order valence-electron chi connectivity index (χ0n) is 9.36. The lowest BCUT2D eigenvalue weighted by atomic mass is 10.2. The van der Waals surface area contributed by atoms with Gasteiger partial charge in [0.05, 0.1) is 20.7 Å². The van der Waals surface area contributed by atoms with E-state index in [2.05, 4.69) is 21.2 Å². The standard InChI is InChI=1S/C12H7BrCl2N2O2/c13-7-4-5-9(11(6-7)17(18)19)16-10-3-1-2-8(14)12(10)15/h1-6,16H. The second kappa shape index (κ2) is 5.77. The Morgan fingerprint density at radius 3 is 2.58 bits per heavy atom. The molecule has 2 aromatic carbocycles. The normalized spacial score (nSPS) is 10.3. The number of halogens is 3. The molecule has 0 unspecified atom stereocenters. The number of hydrogen-bond acceptors (Lipinski definition) is 3. The lowest BCUT2D eigenvalue weighted by Crippen LogP contribution is -1.97. The number of nitro groups is 1. The van der Waals surface area contributed by atoms with Crippen molar-refractivity contribution in [2.24, 2.45) is 0 Å². The van der Waals surface area contributed by atoms with Crippen LogP contribution in [0.5, 0.6) is 0 Å². The third-order valence-corrected chi connectivity index (χ3v) is 3.69. The maximum Gasteiger partial charge on any atom is 0.293 e. The number of nitrogens with one attached hydrogen (secondary N) is 1. The Morgan fingerprint density at radius 1 is 1.16 bits per heavy atom. The molecular formula is C12H7BrCl2N2O2.